The van der Waals surface area contributed by atoms with Crippen LogP contribution in [0.25, 0.3) is 11.1 Å². The number of alkyl carbamates (subject to hydrolysis) is 1. The van der Waals surface area contributed by atoms with E-state index < -0.39 is 42.7 Å². The van der Waals surface area contributed by atoms with Crippen molar-refractivity contribution in [3.05, 3.63) is 59.7 Å². The highest BCUT2D eigenvalue weighted by Crippen LogP contribution is 2.44. The number of carbonyl (C=O) groups is 3. The number of benzene rings is 2. The minimum Gasteiger partial charge on any atom is -0.479 e. The maximum Gasteiger partial charge on any atom is 0.419 e. The first-order valence-electron chi connectivity index (χ1n) is 11.3. The first kappa shape index (κ1) is 26.1. The van der Waals surface area contributed by atoms with E-state index in [1.165, 1.54) is 5.32 Å². The van der Waals surface area contributed by atoms with E-state index in [9.17, 15) is 27.6 Å². The predicted molar refractivity (Wildman–Crippen MR) is 122 cm³/mol. The van der Waals surface area contributed by atoms with Crippen LogP contribution in [0.5, 0.6) is 0 Å². The molecule has 0 aliphatic heterocycles. The minimum atomic E-state index is -5.14. The Morgan fingerprint density at radius 1 is 1.00 bits per heavy atom. The highest BCUT2D eigenvalue weighted by Gasteiger charge is 2.46. The Morgan fingerprint density at radius 3 is 2.09 bits per heavy atom. The van der Waals surface area contributed by atoms with Crippen molar-refractivity contribution >= 4 is 18.0 Å². The lowest BCUT2D eigenvalue weighted by atomic mass is 9.98. The van der Waals surface area contributed by atoms with Crippen LogP contribution in [0.3, 0.4) is 0 Å². The Morgan fingerprint density at radius 2 is 1.57 bits per heavy atom. The van der Waals surface area contributed by atoms with Crippen LogP contribution in [-0.2, 0) is 14.3 Å². The third kappa shape index (κ3) is 6.52. The fourth-order valence-corrected chi connectivity index (χ4v) is 4.21. The summed E-state index contributed by atoms with van der Waals surface area (Å²) in [6.07, 6.45) is -4.80. The van der Waals surface area contributed by atoms with Crippen molar-refractivity contribution in [1.29, 1.82) is 0 Å². The van der Waals surface area contributed by atoms with Gasteiger partial charge in [0.2, 0.25) is 11.9 Å². The van der Waals surface area contributed by atoms with Crippen molar-refractivity contribution < 1.29 is 37.4 Å². The lowest BCUT2D eigenvalue weighted by Crippen LogP contribution is -2.52. The number of carbonyl (C=O) groups excluding carboxylic acids is 2. The lowest BCUT2D eigenvalue weighted by Gasteiger charge is -2.22. The SMILES string of the molecule is CCCC[C@@H](CC(=O)NC(C(=O)O)C(F)(F)F)NC(=O)OCC1c2ccccc2-c2ccccc21. The average molecular weight is 492 g/mol. The van der Waals surface area contributed by atoms with E-state index in [1.807, 2.05) is 55.5 Å². The van der Waals surface area contributed by atoms with Crippen molar-refractivity contribution in [3.63, 3.8) is 0 Å². The number of alkyl halides is 3. The number of carboxylic acid groups (broad SMARTS) is 1. The van der Waals surface area contributed by atoms with Gasteiger partial charge in [0, 0.05) is 18.4 Å². The summed E-state index contributed by atoms with van der Waals surface area (Å²) in [6, 6.07) is 11.8. The summed E-state index contributed by atoms with van der Waals surface area (Å²) in [6.45, 7) is 1.93. The molecule has 7 nitrogen and oxygen atoms in total. The minimum absolute atomic E-state index is 0.0434. The second kappa shape index (κ2) is 11.2. The van der Waals surface area contributed by atoms with Gasteiger partial charge in [0.15, 0.2) is 0 Å². The second-order valence-corrected chi connectivity index (χ2v) is 8.39. The number of aliphatic carboxylic acids is 1. The molecule has 10 heteroatoms. The Bertz CT molecular complexity index is 1030. The molecule has 0 saturated heterocycles. The van der Waals surface area contributed by atoms with Crippen LogP contribution >= 0.6 is 0 Å². The largest absolute Gasteiger partial charge is 0.479 e. The molecule has 2 aromatic rings. The fraction of sp³-hybridized carbons (Fsp3) is 0.400. The maximum atomic E-state index is 12.9. The van der Waals surface area contributed by atoms with E-state index in [0.29, 0.717) is 12.8 Å². The lowest BCUT2D eigenvalue weighted by molar-refractivity contribution is -0.182. The topological polar surface area (TPSA) is 105 Å². The number of unbranched alkanes of at least 4 members (excludes halogenated alkanes) is 1. The Labute approximate surface area is 200 Å². The van der Waals surface area contributed by atoms with Gasteiger partial charge in [0.05, 0.1) is 0 Å². The quantitative estimate of drug-likeness (QED) is 0.450. The van der Waals surface area contributed by atoms with Gasteiger partial charge in [-0.15, -0.1) is 0 Å². The zero-order valence-corrected chi connectivity index (χ0v) is 19.1. The molecule has 1 unspecified atom stereocenters. The summed E-state index contributed by atoms with van der Waals surface area (Å²) >= 11 is 0. The van der Waals surface area contributed by atoms with Crippen LogP contribution in [0.2, 0.25) is 0 Å². The molecule has 0 fully saturated rings. The molecule has 188 valence electrons. The standard InChI is InChI=1S/C25H27F3N2O5/c1-2-3-8-15(13-21(31)30-22(23(32)33)25(26,27)28)29-24(34)35-14-20-18-11-6-4-9-16(18)17-10-5-7-12-19(17)20/h4-7,9-12,15,20,22H,2-3,8,13-14H2,1H3,(H,29,34)(H,30,31)(H,32,33)/t15-,22?/m0/s1. The van der Waals surface area contributed by atoms with E-state index in [2.05, 4.69) is 5.32 Å². The molecule has 0 radical (unpaired) electrons. The number of fused-ring (bicyclic) bond motifs is 3. The average Bonchev–Trinajstić information content (AvgIpc) is 3.12. The van der Waals surface area contributed by atoms with Gasteiger partial charge < -0.3 is 20.5 Å². The zero-order valence-electron chi connectivity index (χ0n) is 19.1. The summed E-state index contributed by atoms with van der Waals surface area (Å²) in [5.41, 5.74) is 4.17. The molecule has 0 aromatic heterocycles. The Kier molecular flexibility index (Phi) is 8.37. The third-order valence-corrected chi connectivity index (χ3v) is 5.88. The van der Waals surface area contributed by atoms with Crippen molar-refractivity contribution in [3.8, 4) is 11.1 Å². The molecule has 0 saturated carbocycles. The predicted octanol–water partition coefficient (Wildman–Crippen LogP) is 4.61. The summed E-state index contributed by atoms with van der Waals surface area (Å²) in [4.78, 5) is 35.5. The van der Waals surface area contributed by atoms with Crippen LogP contribution < -0.4 is 10.6 Å². The number of halogens is 3. The Hall–Kier alpha value is -3.56. The first-order chi connectivity index (χ1) is 16.6. The van der Waals surface area contributed by atoms with E-state index in [-0.39, 0.29) is 12.5 Å². The van der Waals surface area contributed by atoms with Gasteiger partial charge in [-0.25, -0.2) is 9.59 Å². The van der Waals surface area contributed by atoms with Crippen molar-refractivity contribution in [1.82, 2.24) is 10.6 Å². The van der Waals surface area contributed by atoms with E-state index >= 15 is 0 Å². The monoisotopic (exact) mass is 492 g/mol. The van der Waals surface area contributed by atoms with Crippen LogP contribution in [-0.4, -0.2) is 47.9 Å². The zero-order chi connectivity index (χ0) is 25.6. The highest BCUT2D eigenvalue weighted by atomic mass is 19.4. The normalized spacial score (nSPS) is 14.4. The first-order valence-corrected chi connectivity index (χ1v) is 11.3. The van der Waals surface area contributed by atoms with Crippen molar-refractivity contribution in [2.24, 2.45) is 0 Å². The molecule has 0 bridgehead atoms. The summed E-state index contributed by atoms with van der Waals surface area (Å²) in [7, 11) is 0. The van der Waals surface area contributed by atoms with Gasteiger partial charge in [-0.05, 0) is 28.7 Å². The number of hydrogen-bond donors (Lipinski definition) is 3. The molecule has 3 rings (SSSR count). The smallest absolute Gasteiger partial charge is 0.419 e. The number of amides is 2. The molecule has 2 amide bonds. The highest BCUT2D eigenvalue weighted by molar-refractivity contribution is 5.85. The van der Waals surface area contributed by atoms with Crippen LogP contribution in [0.15, 0.2) is 48.5 Å². The Balaban J connectivity index is 1.62. The molecule has 3 N–H and O–H groups in total. The maximum absolute atomic E-state index is 12.9. The molecular formula is C25H27F3N2O5. The van der Waals surface area contributed by atoms with Crippen molar-refractivity contribution in [2.45, 2.75) is 56.8 Å². The summed E-state index contributed by atoms with van der Waals surface area (Å²) < 4.78 is 44.0. The van der Waals surface area contributed by atoms with Crippen LogP contribution in [0.1, 0.15) is 49.7 Å². The molecule has 2 atom stereocenters. The van der Waals surface area contributed by atoms with Gasteiger partial charge in [0.1, 0.15) is 6.61 Å². The molecule has 1 aliphatic rings. The van der Waals surface area contributed by atoms with Crippen LogP contribution in [0.4, 0.5) is 18.0 Å². The molecular weight excluding hydrogens is 465 g/mol. The van der Waals surface area contributed by atoms with E-state index in [0.717, 1.165) is 28.7 Å². The van der Waals surface area contributed by atoms with Gasteiger partial charge in [-0.3, -0.25) is 4.79 Å². The van der Waals surface area contributed by atoms with Gasteiger partial charge in [0.25, 0.3) is 0 Å². The van der Waals surface area contributed by atoms with E-state index in [1.54, 1.807) is 0 Å². The van der Waals surface area contributed by atoms with Gasteiger partial charge in [-0.1, -0.05) is 68.3 Å². The third-order valence-electron chi connectivity index (χ3n) is 5.88. The second-order valence-electron chi connectivity index (χ2n) is 8.39. The number of rotatable bonds is 10. The van der Waals surface area contributed by atoms with Gasteiger partial charge in [-0.2, -0.15) is 13.2 Å². The summed E-state index contributed by atoms with van der Waals surface area (Å²) in [5, 5.41) is 12.8. The summed E-state index contributed by atoms with van der Waals surface area (Å²) in [5.74, 6) is -3.51. The molecule has 35 heavy (non-hydrogen) atoms. The molecule has 0 spiro atoms. The van der Waals surface area contributed by atoms with Gasteiger partial charge >= 0.3 is 18.2 Å². The molecule has 2 aromatic carbocycles. The number of ether oxygens (including phenoxy) is 1. The fourth-order valence-electron chi connectivity index (χ4n) is 4.21. The molecule has 0 heterocycles. The number of carboxylic acids is 1. The molecule has 1 aliphatic carbocycles. The number of hydrogen-bond acceptors (Lipinski definition) is 4. The van der Waals surface area contributed by atoms with Crippen molar-refractivity contribution in [2.75, 3.05) is 6.61 Å². The van der Waals surface area contributed by atoms with E-state index in [4.69, 9.17) is 9.84 Å². The van der Waals surface area contributed by atoms with Crippen LogP contribution in [0, 0.1) is 0 Å². The number of nitrogens with one attached hydrogen (secondary N) is 2.